The van der Waals surface area contributed by atoms with Crippen LogP contribution in [0.25, 0.3) is 0 Å². The highest BCUT2D eigenvalue weighted by molar-refractivity contribution is 5.91. The van der Waals surface area contributed by atoms with E-state index in [-0.39, 0.29) is 23.1 Å². The normalized spacial score (nSPS) is 10.1. The van der Waals surface area contributed by atoms with Gasteiger partial charge in [0.25, 0.3) is 0 Å². The fourth-order valence-electron chi connectivity index (χ4n) is 2.87. The van der Waals surface area contributed by atoms with Gasteiger partial charge in [-0.2, -0.15) is 0 Å². The van der Waals surface area contributed by atoms with Crippen LogP contribution in [0.15, 0.2) is 24.3 Å². The summed E-state index contributed by atoms with van der Waals surface area (Å²) in [5, 5.41) is 16.9. The molecule has 1 rings (SSSR count). The van der Waals surface area contributed by atoms with Crippen LogP contribution in [-0.4, -0.2) is 47.3 Å². The van der Waals surface area contributed by atoms with Crippen LogP contribution in [0.3, 0.4) is 0 Å². The van der Waals surface area contributed by atoms with Gasteiger partial charge in [-0.3, -0.25) is 9.59 Å². The van der Waals surface area contributed by atoms with Crippen molar-refractivity contribution in [3.8, 4) is 0 Å². The molecule has 0 saturated heterocycles. The quantitative estimate of drug-likeness (QED) is 0.209. The SMILES string of the molecule is CCCCCCOC(=O)CCCCC(=O)OCCCCCC.O=C(O)c1ccc(C(=O)O)cc1. The van der Waals surface area contributed by atoms with Crippen molar-refractivity contribution in [2.75, 3.05) is 13.2 Å². The number of unbranched alkanes of at least 4 members (excludes halogenated alkanes) is 7. The highest BCUT2D eigenvalue weighted by atomic mass is 16.5. The van der Waals surface area contributed by atoms with Gasteiger partial charge < -0.3 is 19.7 Å². The number of carbonyl (C=O) groups excluding carboxylic acids is 2. The average Bonchev–Trinajstić information content (AvgIpc) is 2.82. The van der Waals surface area contributed by atoms with Gasteiger partial charge in [-0.15, -0.1) is 0 Å². The van der Waals surface area contributed by atoms with E-state index in [1.807, 2.05) is 0 Å². The molecule has 0 saturated carbocycles. The molecule has 1 aromatic rings. The van der Waals surface area contributed by atoms with Crippen molar-refractivity contribution in [3.63, 3.8) is 0 Å². The van der Waals surface area contributed by atoms with E-state index >= 15 is 0 Å². The summed E-state index contributed by atoms with van der Waals surface area (Å²) in [4.78, 5) is 43.6. The summed E-state index contributed by atoms with van der Waals surface area (Å²) in [5.41, 5.74) is 0.167. The van der Waals surface area contributed by atoms with Crippen molar-refractivity contribution in [2.45, 2.75) is 90.9 Å². The van der Waals surface area contributed by atoms with Gasteiger partial charge in [0.2, 0.25) is 0 Å². The molecule has 0 aromatic heterocycles. The lowest BCUT2D eigenvalue weighted by Gasteiger charge is -2.05. The molecular weight excluding hydrogens is 440 g/mol. The van der Waals surface area contributed by atoms with Gasteiger partial charge in [-0.25, -0.2) is 9.59 Å². The Morgan fingerprint density at radius 3 is 1.24 bits per heavy atom. The Bertz CT molecular complexity index is 651. The smallest absolute Gasteiger partial charge is 0.335 e. The molecule has 2 N–H and O–H groups in total. The summed E-state index contributed by atoms with van der Waals surface area (Å²) in [6.07, 6.45) is 11.1. The van der Waals surface area contributed by atoms with Crippen molar-refractivity contribution in [1.29, 1.82) is 0 Å². The second-order valence-corrected chi connectivity index (χ2v) is 7.96. The molecule has 0 aliphatic heterocycles. The van der Waals surface area contributed by atoms with Crippen LogP contribution in [0.2, 0.25) is 0 Å². The summed E-state index contributed by atoms with van der Waals surface area (Å²) in [7, 11) is 0. The number of carbonyl (C=O) groups is 4. The minimum Gasteiger partial charge on any atom is -0.478 e. The lowest BCUT2D eigenvalue weighted by atomic mass is 10.1. The van der Waals surface area contributed by atoms with Crippen LogP contribution in [0.4, 0.5) is 0 Å². The third-order valence-electron chi connectivity index (χ3n) is 4.91. The van der Waals surface area contributed by atoms with Crippen molar-refractivity contribution >= 4 is 23.9 Å². The molecule has 192 valence electrons. The Balaban J connectivity index is 0.000000757. The zero-order valence-corrected chi connectivity index (χ0v) is 20.6. The first-order chi connectivity index (χ1) is 16.3. The Labute approximate surface area is 202 Å². The summed E-state index contributed by atoms with van der Waals surface area (Å²) >= 11 is 0. The first kappa shape index (κ1) is 31.1. The second kappa shape index (κ2) is 20.7. The van der Waals surface area contributed by atoms with Crippen LogP contribution < -0.4 is 0 Å². The molecule has 34 heavy (non-hydrogen) atoms. The highest BCUT2D eigenvalue weighted by Gasteiger charge is 2.06. The molecule has 1 aromatic carbocycles. The third-order valence-corrected chi connectivity index (χ3v) is 4.91. The van der Waals surface area contributed by atoms with Gasteiger partial charge in [0.05, 0.1) is 24.3 Å². The molecular formula is C26H40O8. The van der Waals surface area contributed by atoms with Crippen molar-refractivity contribution in [2.24, 2.45) is 0 Å². The van der Waals surface area contributed by atoms with E-state index in [0.717, 1.165) is 25.7 Å². The lowest BCUT2D eigenvalue weighted by molar-refractivity contribution is -0.146. The summed E-state index contributed by atoms with van der Waals surface area (Å²) in [6.45, 7) is 5.36. The molecule has 0 heterocycles. The minimum atomic E-state index is -1.06. The van der Waals surface area contributed by atoms with Gasteiger partial charge >= 0.3 is 23.9 Å². The van der Waals surface area contributed by atoms with E-state index in [1.165, 1.54) is 49.9 Å². The predicted molar refractivity (Wildman–Crippen MR) is 129 cm³/mol. The Morgan fingerprint density at radius 2 is 0.941 bits per heavy atom. The number of benzene rings is 1. The van der Waals surface area contributed by atoms with Crippen molar-refractivity contribution < 1.29 is 38.9 Å². The Kier molecular flexibility index (Phi) is 18.9. The zero-order valence-electron chi connectivity index (χ0n) is 20.6. The fraction of sp³-hybridized carbons (Fsp3) is 0.615. The first-order valence-electron chi connectivity index (χ1n) is 12.2. The van der Waals surface area contributed by atoms with Gasteiger partial charge in [-0.05, 0) is 49.9 Å². The number of hydrogen-bond acceptors (Lipinski definition) is 6. The monoisotopic (exact) mass is 480 g/mol. The molecule has 0 fully saturated rings. The number of aromatic carboxylic acids is 2. The predicted octanol–water partition coefficient (Wildman–Crippen LogP) is 5.88. The lowest BCUT2D eigenvalue weighted by Crippen LogP contribution is -2.08. The molecule has 0 bridgehead atoms. The number of esters is 2. The minimum absolute atomic E-state index is 0.0833. The van der Waals surface area contributed by atoms with Gasteiger partial charge in [-0.1, -0.05) is 52.4 Å². The summed E-state index contributed by atoms with van der Waals surface area (Å²) in [6, 6.07) is 5.02. The summed E-state index contributed by atoms with van der Waals surface area (Å²) < 4.78 is 10.3. The van der Waals surface area contributed by atoms with E-state index in [1.54, 1.807) is 0 Å². The first-order valence-corrected chi connectivity index (χ1v) is 12.2. The van der Waals surface area contributed by atoms with E-state index < -0.39 is 11.9 Å². The van der Waals surface area contributed by atoms with Crippen molar-refractivity contribution in [3.05, 3.63) is 35.4 Å². The number of carboxylic acid groups (broad SMARTS) is 2. The Morgan fingerprint density at radius 1 is 0.588 bits per heavy atom. The van der Waals surface area contributed by atoms with Crippen LogP contribution >= 0.6 is 0 Å². The van der Waals surface area contributed by atoms with Crippen LogP contribution in [-0.2, 0) is 19.1 Å². The van der Waals surface area contributed by atoms with E-state index in [9.17, 15) is 19.2 Å². The van der Waals surface area contributed by atoms with E-state index in [4.69, 9.17) is 19.7 Å². The zero-order chi connectivity index (χ0) is 25.6. The molecule has 0 amide bonds. The number of hydrogen-bond donors (Lipinski definition) is 2. The fourth-order valence-corrected chi connectivity index (χ4v) is 2.87. The van der Waals surface area contributed by atoms with Gasteiger partial charge in [0.1, 0.15) is 0 Å². The maximum Gasteiger partial charge on any atom is 0.335 e. The third kappa shape index (κ3) is 17.6. The molecule has 0 aliphatic carbocycles. The molecule has 8 nitrogen and oxygen atoms in total. The maximum atomic E-state index is 11.5. The van der Waals surface area contributed by atoms with Gasteiger partial charge in [0, 0.05) is 12.8 Å². The summed E-state index contributed by atoms with van der Waals surface area (Å²) in [5.74, 6) is -2.42. The second-order valence-electron chi connectivity index (χ2n) is 7.96. The van der Waals surface area contributed by atoms with Gasteiger partial charge in [0.15, 0.2) is 0 Å². The Hall–Kier alpha value is -2.90. The van der Waals surface area contributed by atoms with Crippen LogP contribution in [0.5, 0.6) is 0 Å². The molecule has 0 radical (unpaired) electrons. The number of ether oxygens (including phenoxy) is 2. The number of carboxylic acids is 2. The largest absolute Gasteiger partial charge is 0.478 e. The van der Waals surface area contributed by atoms with E-state index in [0.29, 0.717) is 38.9 Å². The molecule has 0 aliphatic rings. The van der Waals surface area contributed by atoms with Crippen LogP contribution in [0.1, 0.15) is 112 Å². The standard InChI is InChI=1S/C18H34O4.C8H6O4/c1-3-5-7-11-15-21-17(19)13-9-10-14-18(20)22-16-12-8-6-4-2;9-7(10)5-1-2-6(4-3-5)8(11)12/h3-16H2,1-2H3;1-4H,(H,9,10)(H,11,12). The molecule has 0 atom stereocenters. The topological polar surface area (TPSA) is 127 Å². The molecule has 8 heteroatoms. The van der Waals surface area contributed by atoms with Crippen LogP contribution in [0, 0.1) is 0 Å². The molecule has 0 unspecified atom stereocenters. The average molecular weight is 481 g/mol. The van der Waals surface area contributed by atoms with Crippen molar-refractivity contribution in [1.82, 2.24) is 0 Å². The maximum absolute atomic E-state index is 11.5. The van der Waals surface area contributed by atoms with E-state index in [2.05, 4.69) is 13.8 Å². The highest BCUT2D eigenvalue weighted by Crippen LogP contribution is 2.06. The molecule has 0 spiro atoms. The number of rotatable bonds is 17.